The average molecular weight is 218 g/mol. The second-order valence-corrected chi connectivity index (χ2v) is 3.24. The summed E-state index contributed by atoms with van der Waals surface area (Å²) in [6, 6.07) is 0. The van der Waals surface area contributed by atoms with Gasteiger partial charge in [-0.1, -0.05) is 0 Å². The van der Waals surface area contributed by atoms with Gasteiger partial charge >= 0.3 is 29.6 Å². The van der Waals surface area contributed by atoms with Crippen molar-refractivity contribution in [1.29, 1.82) is 0 Å². The van der Waals surface area contributed by atoms with E-state index in [0.29, 0.717) is 0 Å². The zero-order chi connectivity index (χ0) is 8.08. The van der Waals surface area contributed by atoms with Crippen molar-refractivity contribution in [2.45, 2.75) is 0 Å². The molecule has 10 heavy (non-hydrogen) atoms. The molecule has 0 spiro atoms. The van der Waals surface area contributed by atoms with Crippen LogP contribution in [0.15, 0.2) is 0 Å². The van der Waals surface area contributed by atoms with Crippen molar-refractivity contribution in [2.75, 3.05) is 0 Å². The third-order valence-electron chi connectivity index (χ3n) is 0. The van der Waals surface area contributed by atoms with Gasteiger partial charge in [0.05, 0.1) is 9.05 Å². The maximum atomic E-state index is 9.00. The van der Waals surface area contributed by atoms with Crippen LogP contribution in [0.3, 0.4) is 0 Å². The standard InChI is InChI=1S/Na.H2O3S2.H2O3S/c;1-5(2,3)4;1-4(2)3/h;(H2,1,2,3,4);(H2,1,2,3)/q+1;;/p-1. The second-order valence-electron chi connectivity index (χ2n) is 0.658. The quantitative estimate of drug-likeness (QED) is 0.280. The molecule has 0 amide bonds. The minimum absolute atomic E-state index is 0. The largest absolute Gasteiger partial charge is 1.00 e. The van der Waals surface area contributed by atoms with E-state index in [2.05, 4.69) is 11.2 Å². The predicted octanol–water partition coefficient (Wildman–Crippen LogP) is -3.98. The molecular weight excluding hydrogens is 215 g/mol. The summed E-state index contributed by atoms with van der Waals surface area (Å²) in [7, 11) is -4.08. The summed E-state index contributed by atoms with van der Waals surface area (Å²) in [5.74, 6) is 0. The van der Waals surface area contributed by atoms with Gasteiger partial charge in [-0.25, -0.2) is 4.21 Å². The molecule has 0 aliphatic heterocycles. The molecule has 0 aromatic carbocycles. The molecule has 0 rings (SSSR count). The Bertz CT molecular complexity index is 155. The van der Waals surface area contributed by atoms with Crippen LogP contribution in [0.2, 0.25) is 0 Å². The Morgan fingerprint density at radius 3 is 1.50 bits per heavy atom. The van der Waals surface area contributed by atoms with Crippen molar-refractivity contribution in [3.8, 4) is 0 Å². The normalized spacial score (nSPS) is 14.1. The molecule has 0 bridgehead atoms. The maximum absolute atomic E-state index is 9.00. The summed E-state index contributed by atoms with van der Waals surface area (Å²) < 4.78 is 48.1. The Morgan fingerprint density at radius 1 is 1.50 bits per heavy atom. The van der Waals surface area contributed by atoms with Crippen LogP contribution in [0.1, 0.15) is 0 Å². The summed E-state index contributed by atoms with van der Waals surface area (Å²) in [4.78, 5) is 0. The third kappa shape index (κ3) is 354. The summed E-state index contributed by atoms with van der Waals surface area (Å²) in [6.07, 6.45) is 0. The van der Waals surface area contributed by atoms with Gasteiger partial charge in [-0.3, -0.25) is 9.11 Å². The maximum Gasteiger partial charge on any atom is 1.00 e. The molecule has 6 nitrogen and oxygen atoms in total. The predicted molar refractivity (Wildman–Crippen MR) is 32.3 cm³/mol. The summed E-state index contributed by atoms with van der Waals surface area (Å²) in [6.45, 7) is 0. The van der Waals surface area contributed by atoms with E-state index < -0.39 is 20.4 Å². The van der Waals surface area contributed by atoms with E-state index in [1.165, 1.54) is 0 Å². The van der Waals surface area contributed by atoms with Gasteiger partial charge in [0.25, 0.3) is 11.4 Å². The average Bonchev–Trinajstić information content (AvgIpc) is 1.19. The van der Waals surface area contributed by atoms with E-state index in [9.17, 15) is 0 Å². The fourth-order valence-corrected chi connectivity index (χ4v) is 0. The van der Waals surface area contributed by atoms with Crippen LogP contribution in [-0.2, 0) is 31.6 Å². The topological polar surface area (TPSA) is 118 Å². The molecule has 0 aliphatic rings. The minimum Gasteiger partial charge on any atom is -0.748 e. The molecule has 58 valence electrons. The fraction of sp³-hybridized carbons (Fsp3) is 0. The molecule has 0 radical (unpaired) electrons. The zero-order valence-electron chi connectivity index (χ0n) is 4.79. The van der Waals surface area contributed by atoms with Crippen LogP contribution in [0.4, 0.5) is 0 Å². The van der Waals surface area contributed by atoms with Crippen molar-refractivity contribution in [2.24, 2.45) is 0 Å². The van der Waals surface area contributed by atoms with Gasteiger partial charge in [0, 0.05) is 0 Å². The zero-order valence-corrected chi connectivity index (χ0v) is 9.24. The van der Waals surface area contributed by atoms with Crippen LogP contribution in [0, 0.1) is 0 Å². The Hall–Kier alpha value is 1.36. The van der Waals surface area contributed by atoms with Gasteiger partial charge in [-0.05, 0) is 11.2 Å². The SMILES string of the molecule is O=S(O)O.O=S([O-])(O)=S.[Na+]. The van der Waals surface area contributed by atoms with Gasteiger partial charge in [0.2, 0.25) is 0 Å². The molecule has 0 fully saturated rings. The Morgan fingerprint density at radius 2 is 1.50 bits per heavy atom. The molecule has 0 aromatic rings. The van der Waals surface area contributed by atoms with E-state index >= 15 is 0 Å². The molecule has 10 heteroatoms. The van der Waals surface area contributed by atoms with E-state index in [1.54, 1.807) is 0 Å². The molecular formula is H3NaO6S3. The van der Waals surface area contributed by atoms with Crippen molar-refractivity contribution in [3.63, 3.8) is 0 Å². The van der Waals surface area contributed by atoms with Crippen molar-refractivity contribution in [3.05, 3.63) is 0 Å². The van der Waals surface area contributed by atoms with E-state index in [4.69, 9.17) is 26.6 Å². The molecule has 1 atom stereocenters. The molecule has 0 aromatic heterocycles. The smallest absolute Gasteiger partial charge is 0.748 e. The number of hydrogen-bond donors (Lipinski definition) is 3. The number of rotatable bonds is 0. The molecule has 3 N–H and O–H groups in total. The van der Waals surface area contributed by atoms with Crippen LogP contribution in [0.5, 0.6) is 0 Å². The first-order chi connectivity index (χ1) is 3.73. The van der Waals surface area contributed by atoms with Crippen LogP contribution in [0.25, 0.3) is 0 Å². The van der Waals surface area contributed by atoms with Gasteiger partial charge in [0.1, 0.15) is 0 Å². The third-order valence-corrected chi connectivity index (χ3v) is 0. The van der Waals surface area contributed by atoms with Crippen molar-refractivity contribution >= 4 is 31.6 Å². The Labute approximate surface area is 87.1 Å². The van der Waals surface area contributed by atoms with Crippen molar-refractivity contribution < 1.29 is 56.2 Å². The molecule has 0 aliphatic carbocycles. The Kier molecular flexibility index (Phi) is 14.8. The van der Waals surface area contributed by atoms with Gasteiger partial charge < -0.3 is 9.11 Å². The van der Waals surface area contributed by atoms with Crippen molar-refractivity contribution in [1.82, 2.24) is 0 Å². The minimum atomic E-state index is -4.08. The first-order valence-corrected chi connectivity index (χ1v) is 4.64. The first kappa shape index (κ1) is 17.4. The van der Waals surface area contributed by atoms with E-state index in [0.717, 1.165) is 0 Å². The van der Waals surface area contributed by atoms with Gasteiger partial charge in [0.15, 0.2) is 0 Å². The van der Waals surface area contributed by atoms with Gasteiger partial charge in [-0.2, -0.15) is 4.21 Å². The molecule has 0 saturated heterocycles. The van der Waals surface area contributed by atoms with Crippen LogP contribution >= 0.6 is 0 Å². The summed E-state index contributed by atoms with van der Waals surface area (Å²) in [5, 5.41) is 0. The number of hydrogen-bond acceptors (Lipinski definition) is 4. The molecule has 0 heterocycles. The second kappa shape index (κ2) is 8.46. The summed E-state index contributed by atoms with van der Waals surface area (Å²) >= 11 is 0.743. The van der Waals surface area contributed by atoms with E-state index in [1.807, 2.05) is 0 Å². The van der Waals surface area contributed by atoms with Gasteiger partial charge in [-0.15, -0.1) is 0 Å². The van der Waals surface area contributed by atoms with Crippen LogP contribution in [-0.4, -0.2) is 26.6 Å². The summed E-state index contributed by atoms with van der Waals surface area (Å²) in [5.41, 5.74) is 0. The monoisotopic (exact) mass is 218 g/mol. The van der Waals surface area contributed by atoms with Crippen LogP contribution < -0.4 is 29.6 Å². The molecule has 0 saturated carbocycles. The van der Waals surface area contributed by atoms with E-state index in [-0.39, 0.29) is 29.6 Å². The first-order valence-electron chi connectivity index (χ1n) is 1.21. The Balaban J connectivity index is -0.0000000910. The fourth-order valence-electron chi connectivity index (χ4n) is 0. The molecule has 1 unspecified atom stereocenters.